The zero-order valence-electron chi connectivity index (χ0n) is 9.48. The highest BCUT2D eigenvalue weighted by atomic mass is 16.4. The standard InChI is InChI=1S/C10H20N4O2/c1-2-3-6-13-10(12)14-7-4-5-8(11)9(15)16/h2,8H,1,3-7,11H2,(H,15,16)(H3,12,13,14)/p+1/t8-/m0/s1. The van der Waals surface area contributed by atoms with Crippen LogP contribution in [0.4, 0.5) is 0 Å². The second kappa shape index (κ2) is 8.72. The fraction of sp³-hybridized carbons (Fsp3) is 0.600. The van der Waals surface area contributed by atoms with E-state index < -0.39 is 12.0 Å². The van der Waals surface area contributed by atoms with Crippen molar-refractivity contribution < 1.29 is 15.6 Å². The fourth-order valence-corrected chi connectivity index (χ4v) is 1.02. The van der Waals surface area contributed by atoms with Crippen LogP contribution in [0.1, 0.15) is 19.3 Å². The maximum atomic E-state index is 10.5. The first-order valence-corrected chi connectivity index (χ1v) is 5.28. The number of aliphatic imine (C=N–C) groups is 1. The van der Waals surface area contributed by atoms with Gasteiger partial charge in [-0.25, -0.2) is 4.79 Å². The molecule has 0 aromatic heterocycles. The Kier molecular flexibility index (Phi) is 7.87. The molecule has 0 saturated heterocycles. The molecule has 1 atom stereocenters. The molecule has 0 aliphatic carbocycles. The average molecular weight is 229 g/mol. The predicted molar refractivity (Wildman–Crippen MR) is 62.9 cm³/mol. The van der Waals surface area contributed by atoms with Crippen LogP contribution in [0.3, 0.4) is 0 Å². The van der Waals surface area contributed by atoms with E-state index in [1.54, 1.807) is 6.08 Å². The number of nitrogens with zero attached hydrogens (tertiary/aromatic N) is 1. The molecule has 0 radical (unpaired) electrons. The van der Waals surface area contributed by atoms with Gasteiger partial charge in [-0.3, -0.25) is 4.99 Å². The van der Waals surface area contributed by atoms with Crippen LogP contribution in [0.25, 0.3) is 0 Å². The summed E-state index contributed by atoms with van der Waals surface area (Å²) in [6.07, 6.45) is 3.81. The number of nitrogens with two attached hydrogens (primary N) is 1. The number of nitrogens with one attached hydrogen (secondary N) is 1. The highest BCUT2D eigenvalue weighted by Gasteiger charge is 2.13. The molecule has 0 aromatic carbocycles. The predicted octanol–water partition coefficient (Wildman–Crippen LogP) is -1.06. The molecule has 0 aliphatic heterocycles. The molecule has 0 heterocycles. The number of quaternary nitrogens is 1. The van der Waals surface area contributed by atoms with E-state index in [0.717, 1.165) is 6.42 Å². The SMILES string of the molecule is C=CCCN=C(N)NCCC[C@H]([NH3+])C(=O)O. The molecule has 92 valence electrons. The van der Waals surface area contributed by atoms with Gasteiger partial charge in [-0.05, 0) is 12.8 Å². The summed E-state index contributed by atoms with van der Waals surface area (Å²) in [5.41, 5.74) is 9.08. The summed E-state index contributed by atoms with van der Waals surface area (Å²) in [5, 5.41) is 11.5. The Bertz CT molecular complexity index is 253. The first kappa shape index (κ1) is 14.4. The molecular formula is C10H21N4O2+. The molecule has 0 fully saturated rings. The number of guanidine groups is 1. The van der Waals surface area contributed by atoms with E-state index in [9.17, 15) is 4.79 Å². The minimum atomic E-state index is -0.868. The third-order valence-corrected chi connectivity index (χ3v) is 2.00. The lowest BCUT2D eigenvalue weighted by Gasteiger charge is -2.06. The first-order chi connectivity index (χ1) is 7.57. The number of aliphatic carboxylic acids is 1. The van der Waals surface area contributed by atoms with Crippen LogP contribution >= 0.6 is 0 Å². The number of carboxylic acids is 1. The van der Waals surface area contributed by atoms with Gasteiger partial charge in [0.1, 0.15) is 0 Å². The van der Waals surface area contributed by atoms with Gasteiger partial charge < -0.3 is 21.9 Å². The Hall–Kier alpha value is -1.56. The van der Waals surface area contributed by atoms with E-state index in [4.69, 9.17) is 10.8 Å². The minimum Gasteiger partial charge on any atom is -0.477 e. The van der Waals surface area contributed by atoms with Crippen LogP contribution in [0, 0.1) is 0 Å². The van der Waals surface area contributed by atoms with Gasteiger partial charge in [0.15, 0.2) is 12.0 Å². The molecule has 0 rings (SSSR count). The van der Waals surface area contributed by atoms with Crippen molar-refractivity contribution in [3.05, 3.63) is 12.7 Å². The molecule has 0 aromatic rings. The number of hydrogen-bond acceptors (Lipinski definition) is 2. The van der Waals surface area contributed by atoms with Crippen molar-refractivity contribution in [3.63, 3.8) is 0 Å². The van der Waals surface area contributed by atoms with E-state index in [0.29, 0.717) is 31.9 Å². The van der Waals surface area contributed by atoms with Gasteiger partial charge in [0.05, 0.1) is 0 Å². The molecule has 0 spiro atoms. The van der Waals surface area contributed by atoms with Gasteiger partial charge in [-0.2, -0.15) is 0 Å². The smallest absolute Gasteiger partial charge is 0.362 e. The lowest BCUT2D eigenvalue weighted by atomic mass is 10.2. The van der Waals surface area contributed by atoms with E-state index in [1.807, 2.05) is 0 Å². The average Bonchev–Trinajstić information content (AvgIpc) is 2.24. The van der Waals surface area contributed by atoms with Crippen LogP contribution in [-0.4, -0.2) is 36.2 Å². The van der Waals surface area contributed by atoms with E-state index >= 15 is 0 Å². The summed E-state index contributed by atoms with van der Waals surface area (Å²) in [6.45, 7) is 4.81. The summed E-state index contributed by atoms with van der Waals surface area (Å²) in [4.78, 5) is 14.5. The third kappa shape index (κ3) is 7.81. The molecule has 6 nitrogen and oxygen atoms in total. The summed E-state index contributed by atoms with van der Waals surface area (Å²) in [5.74, 6) is -0.481. The summed E-state index contributed by atoms with van der Waals surface area (Å²) in [6, 6.07) is -0.555. The largest absolute Gasteiger partial charge is 0.477 e. The Morgan fingerprint density at radius 1 is 1.69 bits per heavy atom. The van der Waals surface area contributed by atoms with Gasteiger partial charge in [0.25, 0.3) is 0 Å². The van der Waals surface area contributed by atoms with Crippen molar-refractivity contribution in [2.45, 2.75) is 25.3 Å². The summed E-state index contributed by atoms with van der Waals surface area (Å²) < 4.78 is 0. The number of carbonyl (C=O) groups is 1. The fourth-order valence-electron chi connectivity index (χ4n) is 1.02. The Labute approximate surface area is 95.4 Å². The normalized spacial score (nSPS) is 13.2. The number of rotatable bonds is 8. The van der Waals surface area contributed by atoms with Crippen molar-refractivity contribution in [1.29, 1.82) is 0 Å². The van der Waals surface area contributed by atoms with Crippen molar-refractivity contribution >= 4 is 11.9 Å². The van der Waals surface area contributed by atoms with E-state index in [1.165, 1.54) is 0 Å². The van der Waals surface area contributed by atoms with Crippen molar-refractivity contribution in [2.75, 3.05) is 13.1 Å². The maximum absolute atomic E-state index is 10.5. The summed E-state index contributed by atoms with van der Waals surface area (Å²) >= 11 is 0. The van der Waals surface area contributed by atoms with Crippen LogP contribution in [0.2, 0.25) is 0 Å². The Morgan fingerprint density at radius 2 is 2.38 bits per heavy atom. The lowest BCUT2D eigenvalue weighted by molar-refractivity contribution is -0.409. The molecule has 0 bridgehead atoms. The molecule has 0 saturated carbocycles. The quantitative estimate of drug-likeness (QED) is 0.184. The molecule has 7 N–H and O–H groups in total. The van der Waals surface area contributed by atoms with Gasteiger partial charge in [-0.1, -0.05) is 6.08 Å². The first-order valence-electron chi connectivity index (χ1n) is 5.28. The lowest BCUT2D eigenvalue weighted by Crippen LogP contribution is -2.64. The highest BCUT2D eigenvalue weighted by molar-refractivity contribution is 5.77. The second-order valence-corrected chi connectivity index (χ2v) is 3.45. The van der Waals surface area contributed by atoms with Gasteiger partial charge in [0, 0.05) is 19.5 Å². The molecular weight excluding hydrogens is 208 g/mol. The molecule has 0 aliphatic rings. The molecule has 16 heavy (non-hydrogen) atoms. The van der Waals surface area contributed by atoms with Crippen LogP contribution in [0.5, 0.6) is 0 Å². The van der Waals surface area contributed by atoms with Crippen LogP contribution in [-0.2, 0) is 4.79 Å². The van der Waals surface area contributed by atoms with E-state index in [-0.39, 0.29) is 0 Å². The molecule has 0 unspecified atom stereocenters. The Balaban J connectivity index is 3.54. The van der Waals surface area contributed by atoms with Gasteiger partial charge >= 0.3 is 5.97 Å². The topological polar surface area (TPSA) is 115 Å². The van der Waals surface area contributed by atoms with E-state index in [2.05, 4.69) is 22.6 Å². The van der Waals surface area contributed by atoms with Gasteiger partial charge in [-0.15, -0.1) is 6.58 Å². The number of hydrogen-bond donors (Lipinski definition) is 4. The van der Waals surface area contributed by atoms with Gasteiger partial charge in [0.2, 0.25) is 0 Å². The minimum absolute atomic E-state index is 0.387. The monoisotopic (exact) mass is 229 g/mol. The Morgan fingerprint density at radius 3 is 2.94 bits per heavy atom. The maximum Gasteiger partial charge on any atom is 0.362 e. The van der Waals surface area contributed by atoms with Crippen molar-refractivity contribution in [2.24, 2.45) is 10.7 Å². The third-order valence-electron chi connectivity index (χ3n) is 2.00. The second-order valence-electron chi connectivity index (χ2n) is 3.45. The zero-order chi connectivity index (χ0) is 12.4. The van der Waals surface area contributed by atoms with Crippen molar-refractivity contribution in [1.82, 2.24) is 5.32 Å². The number of carboxylic acid groups (broad SMARTS) is 1. The van der Waals surface area contributed by atoms with Crippen molar-refractivity contribution in [3.8, 4) is 0 Å². The highest BCUT2D eigenvalue weighted by Crippen LogP contribution is 1.91. The molecule has 6 heteroatoms. The summed E-state index contributed by atoms with van der Waals surface area (Å²) in [7, 11) is 0. The molecule has 0 amide bonds. The van der Waals surface area contributed by atoms with Crippen LogP contribution in [0.15, 0.2) is 17.6 Å². The zero-order valence-corrected chi connectivity index (χ0v) is 9.48. The van der Waals surface area contributed by atoms with Crippen LogP contribution < -0.4 is 16.8 Å².